The first-order valence-electron chi connectivity index (χ1n) is 10.4. The summed E-state index contributed by atoms with van der Waals surface area (Å²) < 4.78 is 1.14. The van der Waals surface area contributed by atoms with Crippen molar-refractivity contribution >= 4 is 37.5 Å². The fourth-order valence-electron chi connectivity index (χ4n) is 5.24. The van der Waals surface area contributed by atoms with Crippen LogP contribution in [0.4, 0.5) is 0 Å². The van der Waals surface area contributed by atoms with Gasteiger partial charge in [-0.05, 0) is 73.1 Å². The second kappa shape index (κ2) is 6.30. The van der Waals surface area contributed by atoms with Crippen molar-refractivity contribution in [1.29, 1.82) is 0 Å². The molecule has 0 nitrogen and oxygen atoms in total. The minimum atomic E-state index is -0.0438. The molecule has 0 bridgehead atoms. The lowest BCUT2D eigenvalue weighted by Gasteiger charge is -2.23. The van der Waals surface area contributed by atoms with Crippen LogP contribution in [0.25, 0.3) is 43.8 Å². The van der Waals surface area contributed by atoms with Crippen LogP contribution in [0.2, 0.25) is 0 Å². The van der Waals surface area contributed by atoms with Crippen molar-refractivity contribution in [3.8, 4) is 22.3 Å². The van der Waals surface area contributed by atoms with Crippen LogP contribution in [0.3, 0.4) is 0 Å². The molecule has 0 heterocycles. The summed E-state index contributed by atoms with van der Waals surface area (Å²) in [5.41, 5.74) is 8.14. The number of hydrogen-bond donors (Lipinski definition) is 0. The molecule has 0 unspecified atom stereocenters. The second-order valence-electron chi connectivity index (χ2n) is 8.73. The van der Waals surface area contributed by atoms with Crippen LogP contribution in [-0.4, -0.2) is 0 Å². The molecule has 5 aromatic carbocycles. The average molecular weight is 449 g/mol. The van der Waals surface area contributed by atoms with E-state index >= 15 is 0 Å². The van der Waals surface area contributed by atoms with Crippen LogP contribution in [0.5, 0.6) is 0 Å². The average Bonchev–Trinajstić information content (AvgIpc) is 2.99. The zero-order chi connectivity index (χ0) is 20.5. The Morgan fingerprint density at radius 1 is 0.567 bits per heavy atom. The van der Waals surface area contributed by atoms with Crippen LogP contribution in [0.1, 0.15) is 25.0 Å². The van der Waals surface area contributed by atoms with E-state index in [1.165, 1.54) is 54.9 Å². The molecule has 0 atom stereocenters. The molecular weight excluding hydrogens is 428 g/mol. The molecule has 30 heavy (non-hydrogen) atoms. The SMILES string of the molecule is CC1(C)c2cc(Br)ccc2-c2c1cc(-c1cccc3ccccc13)c1ccccc21. The maximum Gasteiger partial charge on any atom is 0.0178 e. The summed E-state index contributed by atoms with van der Waals surface area (Å²) in [5, 5.41) is 5.25. The Labute approximate surface area is 185 Å². The van der Waals surface area contributed by atoms with E-state index in [0.29, 0.717) is 0 Å². The van der Waals surface area contributed by atoms with E-state index in [0.717, 1.165) is 4.47 Å². The number of halogens is 1. The molecule has 5 aromatic rings. The summed E-state index contributed by atoms with van der Waals surface area (Å²) in [4.78, 5) is 0. The molecule has 0 N–H and O–H groups in total. The fourth-order valence-corrected chi connectivity index (χ4v) is 5.60. The zero-order valence-electron chi connectivity index (χ0n) is 17.0. The van der Waals surface area contributed by atoms with E-state index in [9.17, 15) is 0 Å². The maximum atomic E-state index is 3.69. The van der Waals surface area contributed by atoms with Gasteiger partial charge in [0.25, 0.3) is 0 Å². The third kappa shape index (κ3) is 2.39. The molecule has 0 radical (unpaired) electrons. The molecule has 1 heteroatoms. The van der Waals surface area contributed by atoms with Crippen molar-refractivity contribution in [3.63, 3.8) is 0 Å². The van der Waals surface area contributed by atoms with Crippen LogP contribution < -0.4 is 0 Å². The molecule has 0 saturated carbocycles. The van der Waals surface area contributed by atoms with Crippen molar-refractivity contribution in [3.05, 3.63) is 107 Å². The first-order valence-corrected chi connectivity index (χ1v) is 11.2. The van der Waals surface area contributed by atoms with E-state index in [4.69, 9.17) is 0 Å². The predicted octanol–water partition coefficient (Wildman–Crippen LogP) is 8.73. The predicted molar refractivity (Wildman–Crippen MR) is 132 cm³/mol. The normalized spacial score (nSPS) is 14.1. The highest BCUT2D eigenvalue weighted by molar-refractivity contribution is 9.10. The summed E-state index contributed by atoms with van der Waals surface area (Å²) in [6.07, 6.45) is 0. The molecule has 0 amide bonds. The van der Waals surface area contributed by atoms with Gasteiger partial charge < -0.3 is 0 Å². The van der Waals surface area contributed by atoms with Gasteiger partial charge in [0.1, 0.15) is 0 Å². The smallest absolute Gasteiger partial charge is 0.0178 e. The molecule has 1 aliphatic carbocycles. The van der Waals surface area contributed by atoms with Gasteiger partial charge in [0.15, 0.2) is 0 Å². The van der Waals surface area contributed by atoms with Gasteiger partial charge in [-0.25, -0.2) is 0 Å². The summed E-state index contributed by atoms with van der Waals surface area (Å²) in [6.45, 7) is 4.71. The van der Waals surface area contributed by atoms with Crippen molar-refractivity contribution in [2.75, 3.05) is 0 Å². The first-order chi connectivity index (χ1) is 14.6. The lowest BCUT2D eigenvalue weighted by molar-refractivity contribution is 0.660. The van der Waals surface area contributed by atoms with E-state index in [-0.39, 0.29) is 5.41 Å². The Morgan fingerprint density at radius 2 is 1.27 bits per heavy atom. The number of hydrogen-bond acceptors (Lipinski definition) is 0. The van der Waals surface area contributed by atoms with E-state index in [2.05, 4.69) is 121 Å². The molecule has 6 rings (SSSR count). The van der Waals surface area contributed by atoms with Crippen molar-refractivity contribution in [2.24, 2.45) is 0 Å². The van der Waals surface area contributed by atoms with Crippen molar-refractivity contribution in [1.82, 2.24) is 0 Å². The van der Waals surface area contributed by atoms with Gasteiger partial charge in [-0.3, -0.25) is 0 Å². The van der Waals surface area contributed by atoms with Gasteiger partial charge in [-0.15, -0.1) is 0 Å². The molecule has 0 spiro atoms. The zero-order valence-corrected chi connectivity index (χ0v) is 18.6. The Kier molecular flexibility index (Phi) is 3.76. The molecule has 0 fully saturated rings. The topological polar surface area (TPSA) is 0 Å². The number of fused-ring (bicyclic) bond motifs is 6. The lowest BCUT2D eigenvalue weighted by atomic mass is 9.80. The third-order valence-corrected chi connectivity index (χ3v) is 7.22. The maximum absolute atomic E-state index is 3.69. The Balaban J connectivity index is 1.77. The monoisotopic (exact) mass is 448 g/mol. The third-order valence-electron chi connectivity index (χ3n) is 6.72. The largest absolute Gasteiger partial charge is 0.0616 e. The fraction of sp³-hybridized carbons (Fsp3) is 0.103. The summed E-state index contributed by atoms with van der Waals surface area (Å²) in [7, 11) is 0. The van der Waals surface area contributed by atoms with E-state index < -0.39 is 0 Å². The lowest BCUT2D eigenvalue weighted by Crippen LogP contribution is -2.15. The minimum Gasteiger partial charge on any atom is -0.0616 e. The van der Waals surface area contributed by atoms with Crippen molar-refractivity contribution < 1.29 is 0 Å². The highest BCUT2D eigenvalue weighted by atomic mass is 79.9. The summed E-state index contributed by atoms with van der Waals surface area (Å²) in [6, 6.07) is 33.4. The number of rotatable bonds is 1. The standard InChI is InChI=1S/C29H21Br/c1-29(2)26-16-19(30)14-15-24(26)28-23-12-6-5-11-22(23)25(17-27(28)29)21-13-7-9-18-8-3-4-10-20(18)21/h3-17H,1-2H3. The molecular formula is C29H21Br. The highest BCUT2D eigenvalue weighted by Crippen LogP contribution is 2.53. The minimum absolute atomic E-state index is 0.0438. The van der Waals surface area contributed by atoms with Crippen LogP contribution in [0, 0.1) is 0 Å². The van der Waals surface area contributed by atoms with Gasteiger partial charge in [0.05, 0.1) is 0 Å². The molecule has 144 valence electrons. The second-order valence-corrected chi connectivity index (χ2v) is 9.65. The van der Waals surface area contributed by atoms with Gasteiger partial charge in [-0.2, -0.15) is 0 Å². The van der Waals surface area contributed by atoms with E-state index in [1.807, 2.05) is 0 Å². The van der Waals surface area contributed by atoms with Gasteiger partial charge in [-0.1, -0.05) is 103 Å². The Hall–Kier alpha value is -2.90. The summed E-state index contributed by atoms with van der Waals surface area (Å²) >= 11 is 3.69. The molecule has 1 aliphatic rings. The molecule has 0 aromatic heterocycles. The van der Waals surface area contributed by atoms with Gasteiger partial charge >= 0.3 is 0 Å². The van der Waals surface area contributed by atoms with Crippen LogP contribution in [-0.2, 0) is 5.41 Å². The summed E-state index contributed by atoms with van der Waals surface area (Å²) in [5.74, 6) is 0. The quantitative estimate of drug-likeness (QED) is 0.240. The Morgan fingerprint density at radius 3 is 2.10 bits per heavy atom. The van der Waals surface area contributed by atoms with Crippen LogP contribution >= 0.6 is 15.9 Å². The highest BCUT2D eigenvalue weighted by Gasteiger charge is 2.37. The van der Waals surface area contributed by atoms with Crippen LogP contribution in [0.15, 0.2) is 95.5 Å². The molecule has 0 aliphatic heterocycles. The van der Waals surface area contributed by atoms with Crippen molar-refractivity contribution in [2.45, 2.75) is 19.3 Å². The van der Waals surface area contributed by atoms with Gasteiger partial charge in [0.2, 0.25) is 0 Å². The van der Waals surface area contributed by atoms with Gasteiger partial charge in [0, 0.05) is 9.89 Å². The first kappa shape index (κ1) is 17.9. The Bertz CT molecular complexity index is 1470. The number of benzene rings is 5. The molecule has 0 saturated heterocycles. The van der Waals surface area contributed by atoms with E-state index in [1.54, 1.807) is 0 Å².